The topological polar surface area (TPSA) is 74.2 Å². The predicted octanol–water partition coefficient (Wildman–Crippen LogP) is 3.40. The summed E-state index contributed by atoms with van der Waals surface area (Å²) < 4.78 is 5.01. The van der Waals surface area contributed by atoms with Crippen LogP contribution in [0.4, 0.5) is 5.69 Å². The van der Waals surface area contributed by atoms with E-state index < -0.39 is 0 Å². The van der Waals surface area contributed by atoms with E-state index in [1.54, 1.807) is 19.1 Å². The molecule has 0 atom stereocenters. The van der Waals surface area contributed by atoms with Gasteiger partial charge in [-0.05, 0) is 55.2 Å². The van der Waals surface area contributed by atoms with Crippen molar-refractivity contribution in [3.8, 4) is 0 Å². The van der Waals surface area contributed by atoms with Crippen molar-refractivity contribution >= 4 is 40.5 Å². The molecule has 1 aromatic carbocycles. The first-order chi connectivity index (χ1) is 15.3. The molecule has 2 fully saturated rings. The Morgan fingerprint density at radius 1 is 1.16 bits per heavy atom. The molecule has 174 valence electrons. The molecule has 3 rings (SSSR count). The van der Waals surface area contributed by atoms with Gasteiger partial charge in [-0.1, -0.05) is 13.8 Å². The Morgan fingerprint density at radius 2 is 1.84 bits per heavy atom. The molecule has 32 heavy (non-hydrogen) atoms. The SMILES string of the molecule is CCOC(=O)c1ccc(NC(=S)N2CCN(CCN=C3CC(=O)CC(C)(C)C3)CC2)cc1. The van der Waals surface area contributed by atoms with Gasteiger partial charge < -0.3 is 15.0 Å². The molecule has 1 N–H and O–H groups in total. The van der Waals surface area contributed by atoms with Crippen LogP contribution < -0.4 is 5.32 Å². The van der Waals surface area contributed by atoms with E-state index in [1.807, 2.05) is 12.1 Å². The number of ketones is 1. The monoisotopic (exact) mass is 458 g/mol. The number of carbonyl (C=O) groups is 2. The van der Waals surface area contributed by atoms with E-state index in [1.165, 1.54) is 0 Å². The fraction of sp³-hybridized carbons (Fsp3) is 0.583. The van der Waals surface area contributed by atoms with Crippen molar-refractivity contribution in [2.75, 3.05) is 51.2 Å². The van der Waals surface area contributed by atoms with Gasteiger partial charge in [-0.2, -0.15) is 0 Å². The number of ether oxygens (including phenoxy) is 1. The van der Waals surface area contributed by atoms with Crippen molar-refractivity contribution in [3.63, 3.8) is 0 Å². The highest BCUT2D eigenvalue weighted by Crippen LogP contribution is 2.31. The van der Waals surface area contributed by atoms with Crippen LogP contribution in [0.25, 0.3) is 0 Å². The van der Waals surface area contributed by atoms with Crippen molar-refractivity contribution < 1.29 is 14.3 Å². The summed E-state index contributed by atoms with van der Waals surface area (Å²) in [6, 6.07) is 7.16. The molecule has 0 spiro atoms. The minimum Gasteiger partial charge on any atom is -0.462 e. The first kappa shape index (κ1) is 24.3. The summed E-state index contributed by atoms with van der Waals surface area (Å²) in [4.78, 5) is 33.0. The maximum atomic E-state index is 11.9. The summed E-state index contributed by atoms with van der Waals surface area (Å²) in [5, 5.41) is 3.95. The zero-order valence-corrected chi connectivity index (χ0v) is 20.2. The molecule has 0 amide bonds. The molecule has 1 saturated heterocycles. The van der Waals surface area contributed by atoms with Crippen LogP contribution in [-0.2, 0) is 9.53 Å². The second-order valence-electron chi connectivity index (χ2n) is 9.24. The van der Waals surface area contributed by atoms with Gasteiger partial charge >= 0.3 is 5.97 Å². The lowest BCUT2D eigenvalue weighted by Crippen LogP contribution is -2.50. The predicted molar refractivity (Wildman–Crippen MR) is 132 cm³/mol. The number of nitrogens with zero attached hydrogens (tertiary/aromatic N) is 3. The molecule has 0 aromatic heterocycles. The zero-order valence-electron chi connectivity index (χ0n) is 19.4. The second kappa shape index (κ2) is 11.0. The van der Waals surface area contributed by atoms with Crippen LogP contribution >= 0.6 is 12.2 Å². The molecule has 8 heteroatoms. The molecule has 1 aromatic rings. The average molecular weight is 459 g/mol. The first-order valence-corrected chi connectivity index (χ1v) is 11.8. The molecular weight excluding hydrogens is 424 g/mol. The molecule has 1 aliphatic heterocycles. The molecule has 0 bridgehead atoms. The third-order valence-electron chi connectivity index (χ3n) is 5.82. The number of benzene rings is 1. The Morgan fingerprint density at radius 3 is 2.47 bits per heavy atom. The van der Waals surface area contributed by atoms with Crippen LogP contribution in [0.5, 0.6) is 0 Å². The molecule has 1 heterocycles. The number of piperazine rings is 1. The number of thiocarbonyl (C=S) groups is 1. The van der Waals surface area contributed by atoms with Crippen molar-refractivity contribution in [1.82, 2.24) is 9.80 Å². The Balaban J connectivity index is 1.40. The maximum Gasteiger partial charge on any atom is 0.338 e. The molecule has 0 unspecified atom stereocenters. The molecule has 7 nitrogen and oxygen atoms in total. The highest BCUT2D eigenvalue weighted by Gasteiger charge is 2.30. The van der Waals surface area contributed by atoms with Gasteiger partial charge in [-0.3, -0.25) is 14.7 Å². The largest absolute Gasteiger partial charge is 0.462 e. The average Bonchev–Trinajstić information content (AvgIpc) is 2.73. The Hall–Kier alpha value is -2.32. The summed E-state index contributed by atoms with van der Waals surface area (Å²) in [5.74, 6) is -0.00756. The van der Waals surface area contributed by atoms with Crippen LogP contribution in [0.3, 0.4) is 0 Å². The number of hydrogen-bond donors (Lipinski definition) is 1. The minimum atomic E-state index is -0.318. The number of carbonyl (C=O) groups excluding carboxylic acids is 2. The summed E-state index contributed by atoms with van der Waals surface area (Å²) in [6.07, 6.45) is 2.11. The highest BCUT2D eigenvalue weighted by atomic mass is 32.1. The van der Waals surface area contributed by atoms with E-state index >= 15 is 0 Å². The van der Waals surface area contributed by atoms with Gasteiger partial charge in [-0.15, -0.1) is 0 Å². The van der Waals surface area contributed by atoms with Crippen molar-refractivity contribution in [2.24, 2.45) is 10.4 Å². The zero-order chi connectivity index (χ0) is 23.1. The van der Waals surface area contributed by atoms with Gasteiger partial charge in [-0.25, -0.2) is 4.79 Å². The van der Waals surface area contributed by atoms with Crippen molar-refractivity contribution in [3.05, 3.63) is 29.8 Å². The lowest BCUT2D eigenvalue weighted by molar-refractivity contribution is -0.120. The minimum absolute atomic E-state index is 0.0433. The van der Waals surface area contributed by atoms with Gasteiger partial charge in [0.05, 0.1) is 18.7 Å². The number of hydrogen-bond acceptors (Lipinski definition) is 6. The normalized spacial score (nSPS) is 20.3. The van der Waals surface area contributed by atoms with Crippen LogP contribution in [0.15, 0.2) is 29.3 Å². The van der Waals surface area contributed by atoms with Crippen molar-refractivity contribution in [1.29, 1.82) is 0 Å². The standard InChI is InChI=1S/C24H34N4O3S/c1-4-31-22(30)18-5-7-19(8-6-18)26-23(32)28-13-11-27(12-14-28)10-9-25-20-15-21(29)17-24(2,3)16-20/h5-8H,4,9-17H2,1-3H3,(H,26,32). The number of anilines is 1. The summed E-state index contributed by atoms with van der Waals surface area (Å²) in [6.45, 7) is 11.7. The van der Waals surface area contributed by atoms with Gasteiger partial charge in [0.25, 0.3) is 0 Å². The fourth-order valence-corrected chi connectivity index (χ4v) is 4.54. The fourth-order valence-electron chi connectivity index (χ4n) is 4.24. The van der Waals surface area contributed by atoms with Crippen LogP contribution in [0.2, 0.25) is 0 Å². The third-order valence-corrected chi connectivity index (χ3v) is 6.18. The molecular formula is C24H34N4O3S. The number of rotatable bonds is 6. The Kier molecular flexibility index (Phi) is 8.37. The summed E-state index contributed by atoms with van der Waals surface area (Å²) in [7, 11) is 0. The molecule has 1 aliphatic carbocycles. The maximum absolute atomic E-state index is 11.9. The summed E-state index contributed by atoms with van der Waals surface area (Å²) >= 11 is 5.58. The smallest absolute Gasteiger partial charge is 0.338 e. The van der Waals surface area contributed by atoms with Gasteiger partial charge in [0.1, 0.15) is 5.78 Å². The van der Waals surface area contributed by atoms with E-state index in [0.29, 0.717) is 35.9 Å². The first-order valence-electron chi connectivity index (χ1n) is 11.3. The Labute approximate surface area is 196 Å². The number of esters is 1. The van der Waals surface area contributed by atoms with E-state index in [2.05, 4.69) is 29.0 Å². The van der Waals surface area contributed by atoms with E-state index in [-0.39, 0.29) is 11.4 Å². The Bertz CT molecular complexity index is 859. The molecule has 0 radical (unpaired) electrons. The van der Waals surface area contributed by atoms with E-state index in [0.717, 1.165) is 57.1 Å². The van der Waals surface area contributed by atoms with Crippen LogP contribution in [0, 0.1) is 5.41 Å². The highest BCUT2D eigenvalue weighted by molar-refractivity contribution is 7.80. The van der Waals surface area contributed by atoms with Gasteiger partial charge in [0.15, 0.2) is 5.11 Å². The lowest BCUT2D eigenvalue weighted by atomic mass is 9.76. The molecule has 2 aliphatic rings. The quantitative estimate of drug-likeness (QED) is 0.517. The summed E-state index contributed by atoms with van der Waals surface area (Å²) in [5.41, 5.74) is 2.49. The number of aliphatic imine (C=N–C) groups is 1. The van der Waals surface area contributed by atoms with Gasteiger partial charge in [0, 0.05) is 57.0 Å². The third kappa shape index (κ3) is 7.10. The van der Waals surface area contributed by atoms with E-state index in [4.69, 9.17) is 21.9 Å². The molecule has 1 saturated carbocycles. The lowest BCUT2D eigenvalue weighted by Gasteiger charge is -2.36. The number of nitrogens with one attached hydrogen (secondary N) is 1. The van der Waals surface area contributed by atoms with Crippen LogP contribution in [-0.4, -0.2) is 78.3 Å². The second-order valence-corrected chi connectivity index (χ2v) is 9.62. The van der Waals surface area contributed by atoms with Crippen molar-refractivity contribution in [2.45, 2.75) is 40.0 Å². The number of Topliss-reactive ketones (excluding diaryl/α,β-unsaturated/α-hetero) is 1. The van der Waals surface area contributed by atoms with E-state index in [9.17, 15) is 9.59 Å². The van der Waals surface area contributed by atoms with Gasteiger partial charge in [0.2, 0.25) is 0 Å². The van der Waals surface area contributed by atoms with Crippen LogP contribution in [0.1, 0.15) is 50.4 Å².